The first-order valence-electron chi connectivity index (χ1n) is 6.81. The van der Waals surface area contributed by atoms with Crippen LogP contribution in [0.2, 0.25) is 0 Å². The molecule has 1 unspecified atom stereocenters. The van der Waals surface area contributed by atoms with E-state index in [0.717, 1.165) is 10.6 Å². The normalized spacial score (nSPS) is 21.0. The summed E-state index contributed by atoms with van der Waals surface area (Å²) in [6, 6.07) is 6.75. The first-order chi connectivity index (χ1) is 9.94. The second-order valence-corrected chi connectivity index (χ2v) is 5.30. The lowest BCUT2D eigenvalue weighted by Gasteiger charge is -2.31. The van der Waals surface area contributed by atoms with E-state index in [-0.39, 0.29) is 12.6 Å². The number of halogens is 3. The van der Waals surface area contributed by atoms with E-state index in [2.05, 4.69) is 5.32 Å². The maximum atomic E-state index is 12.6. The maximum Gasteiger partial charge on any atom is 0.406 e. The molecule has 1 aromatic rings. The predicted molar refractivity (Wildman–Crippen MR) is 70.1 cm³/mol. The van der Waals surface area contributed by atoms with Crippen molar-refractivity contribution in [3.63, 3.8) is 0 Å². The number of fused-ring (bicyclic) bond motifs is 1. The van der Waals surface area contributed by atoms with E-state index in [4.69, 9.17) is 4.74 Å². The highest BCUT2D eigenvalue weighted by molar-refractivity contribution is 5.83. The fourth-order valence-electron chi connectivity index (χ4n) is 2.40. The lowest BCUT2D eigenvalue weighted by molar-refractivity contribution is -0.166. The number of nitrogens with one attached hydrogen (secondary N) is 1. The second-order valence-electron chi connectivity index (χ2n) is 5.30. The van der Waals surface area contributed by atoms with E-state index in [1.54, 1.807) is 18.2 Å². The molecule has 21 heavy (non-hydrogen) atoms. The van der Waals surface area contributed by atoms with Gasteiger partial charge in [-0.25, -0.2) is 0 Å². The average Bonchev–Trinajstić information content (AvgIpc) is 3.27. The van der Waals surface area contributed by atoms with Gasteiger partial charge in [-0.05, 0) is 25.0 Å². The molecule has 1 saturated carbocycles. The number of amides is 1. The fraction of sp³-hybridized carbons (Fsp3) is 0.500. The molecule has 0 spiro atoms. The Kier molecular flexibility index (Phi) is 3.43. The van der Waals surface area contributed by atoms with Crippen LogP contribution in [0.3, 0.4) is 0 Å². The first-order valence-corrected chi connectivity index (χ1v) is 6.81. The zero-order valence-corrected chi connectivity index (χ0v) is 11.2. The summed E-state index contributed by atoms with van der Waals surface area (Å²) in [6.07, 6.45) is -4.06. The Labute approximate surface area is 119 Å². The molecule has 1 N–H and O–H groups in total. The molecular weight excluding hydrogens is 285 g/mol. The molecule has 0 bridgehead atoms. The Morgan fingerprint density at radius 2 is 2.05 bits per heavy atom. The van der Waals surface area contributed by atoms with Gasteiger partial charge in [0.15, 0.2) is 6.10 Å². The van der Waals surface area contributed by atoms with Crippen molar-refractivity contribution < 1.29 is 22.7 Å². The Morgan fingerprint density at radius 3 is 2.71 bits per heavy atom. The molecule has 2 aliphatic rings. The van der Waals surface area contributed by atoms with Crippen molar-refractivity contribution >= 4 is 11.6 Å². The van der Waals surface area contributed by atoms with Crippen LogP contribution in [-0.4, -0.2) is 42.2 Å². The lowest BCUT2D eigenvalue weighted by Crippen LogP contribution is -2.50. The van der Waals surface area contributed by atoms with Crippen LogP contribution in [0, 0.1) is 0 Å². The number of carbonyl (C=O) groups excluding carboxylic acids is 1. The van der Waals surface area contributed by atoms with Crippen molar-refractivity contribution in [1.82, 2.24) is 4.90 Å². The summed E-state index contributed by atoms with van der Waals surface area (Å²) in [5.74, 6) is -0.110. The molecule has 1 aliphatic carbocycles. The van der Waals surface area contributed by atoms with Crippen LogP contribution in [0.4, 0.5) is 18.9 Å². The van der Waals surface area contributed by atoms with Gasteiger partial charge < -0.3 is 15.0 Å². The average molecular weight is 300 g/mol. The van der Waals surface area contributed by atoms with E-state index in [0.29, 0.717) is 18.6 Å². The molecule has 1 fully saturated rings. The van der Waals surface area contributed by atoms with E-state index in [9.17, 15) is 18.0 Å². The summed E-state index contributed by atoms with van der Waals surface area (Å²) in [6.45, 7) is -1.03. The smallest absolute Gasteiger partial charge is 0.406 e. The van der Waals surface area contributed by atoms with Crippen molar-refractivity contribution in [2.75, 3.05) is 18.4 Å². The van der Waals surface area contributed by atoms with Crippen LogP contribution >= 0.6 is 0 Å². The van der Waals surface area contributed by atoms with Gasteiger partial charge in [0.05, 0.1) is 12.2 Å². The molecule has 4 nitrogen and oxygen atoms in total. The molecule has 0 saturated heterocycles. The van der Waals surface area contributed by atoms with Crippen LogP contribution in [0.15, 0.2) is 24.3 Å². The van der Waals surface area contributed by atoms with Crippen LogP contribution in [-0.2, 0) is 4.79 Å². The van der Waals surface area contributed by atoms with Gasteiger partial charge >= 0.3 is 6.18 Å². The summed E-state index contributed by atoms with van der Waals surface area (Å²) >= 11 is 0. The van der Waals surface area contributed by atoms with Crippen molar-refractivity contribution in [3.05, 3.63) is 24.3 Å². The van der Waals surface area contributed by atoms with Gasteiger partial charge in [0.1, 0.15) is 12.3 Å². The van der Waals surface area contributed by atoms with Gasteiger partial charge in [-0.15, -0.1) is 0 Å². The van der Waals surface area contributed by atoms with Gasteiger partial charge in [0.2, 0.25) is 0 Å². The summed E-state index contributed by atoms with van der Waals surface area (Å²) < 4.78 is 43.4. The van der Waals surface area contributed by atoms with Gasteiger partial charge in [0.25, 0.3) is 5.91 Å². The van der Waals surface area contributed by atoms with E-state index < -0.39 is 24.7 Å². The number of benzene rings is 1. The molecule has 1 amide bonds. The summed E-state index contributed by atoms with van der Waals surface area (Å²) in [4.78, 5) is 13.2. The van der Waals surface area contributed by atoms with E-state index >= 15 is 0 Å². The largest absolute Gasteiger partial charge is 0.477 e. The molecular formula is C14H15F3N2O2. The molecule has 1 aliphatic heterocycles. The minimum absolute atomic E-state index is 0.178. The van der Waals surface area contributed by atoms with Crippen molar-refractivity contribution in [3.8, 4) is 5.75 Å². The van der Waals surface area contributed by atoms with Gasteiger partial charge in [-0.2, -0.15) is 13.2 Å². The standard InChI is InChI=1S/C14H15F3N2O2/c15-14(16,17)8-19(9-5-6-9)13(20)12-7-18-10-3-1-2-4-11(10)21-12/h1-4,9,12,18H,5-8H2. The molecule has 0 aromatic heterocycles. The number of rotatable bonds is 3. The van der Waals surface area contributed by atoms with Crippen LogP contribution in [0.5, 0.6) is 5.75 Å². The summed E-state index contributed by atoms with van der Waals surface area (Å²) in [5, 5.41) is 3.02. The number of hydrogen-bond donors (Lipinski definition) is 1. The van der Waals surface area contributed by atoms with Crippen molar-refractivity contribution in [1.29, 1.82) is 0 Å². The zero-order chi connectivity index (χ0) is 15.0. The highest BCUT2D eigenvalue weighted by Crippen LogP contribution is 2.33. The molecule has 7 heteroatoms. The number of ether oxygens (including phenoxy) is 1. The molecule has 3 rings (SSSR count). The lowest BCUT2D eigenvalue weighted by atomic mass is 10.2. The topological polar surface area (TPSA) is 41.6 Å². The number of alkyl halides is 3. The van der Waals surface area contributed by atoms with Crippen LogP contribution < -0.4 is 10.1 Å². The van der Waals surface area contributed by atoms with Gasteiger partial charge in [-0.3, -0.25) is 4.79 Å². The molecule has 1 heterocycles. The molecule has 0 radical (unpaired) electrons. The SMILES string of the molecule is O=C(C1CNc2ccccc2O1)N(CC(F)(F)F)C1CC1. The Balaban J connectivity index is 1.72. The van der Waals surface area contributed by atoms with Crippen LogP contribution in [0.1, 0.15) is 12.8 Å². The maximum absolute atomic E-state index is 12.6. The van der Waals surface area contributed by atoms with Gasteiger partial charge in [-0.1, -0.05) is 12.1 Å². The predicted octanol–water partition coefficient (Wildman–Crippen LogP) is 2.41. The van der Waals surface area contributed by atoms with E-state index in [1.807, 2.05) is 6.07 Å². The number of carbonyl (C=O) groups is 1. The molecule has 1 atom stereocenters. The van der Waals surface area contributed by atoms with Crippen molar-refractivity contribution in [2.45, 2.75) is 31.2 Å². The number of hydrogen-bond acceptors (Lipinski definition) is 3. The fourth-order valence-corrected chi connectivity index (χ4v) is 2.40. The second kappa shape index (κ2) is 5.13. The zero-order valence-electron chi connectivity index (χ0n) is 11.2. The molecule has 114 valence electrons. The Bertz CT molecular complexity index is 543. The van der Waals surface area contributed by atoms with Gasteiger partial charge in [0, 0.05) is 6.04 Å². The minimum atomic E-state index is -4.39. The Morgan fingerprint density at radius 1 is 1.33 bits per heavy atom. The minimum Gasteiger partial charge on any atom is -0.477 e. The quantitative estimate of drug-likeness (QED) is 0.932. The number of anilines is 1. The third-order valence-corrected chi connectivity index (χ3v) is 3.53. The third-order valence-electron chi connectivity index (χ3n) is 3.53. The van der Waals surface area contributed by atoms with E-state index in [1.165, 1.54) is 0 Å². The Hall–Kier alpha value is -1.92. The number of para-hydroxylation sites is 2. The third kappa shape index (κ3) is 3.22. The van der Waals surface area contributed by atoms with Crippen LogP contribution in [0.25, 0.3) is 0 Å². The first kappa shape index (κ1) is 14.0. The van der Waals surface area contributed by atoms with Crippen molar-refractivity contribution in [2.24, 2.45) is 0 Å². The highest BCUT2D eigenvalue weighted by Gasteiger charge is 2.43. The number of nitrogens with zero attached hydrogens (tertiary/aromatic N) is 1. The summed E-state index contributed by atoms with van der Waals surface area (Å²) in [7, 11) is 0. The summed E-state index contributed by atoms with van der Waals surface area (Å²) in [5.41, 5.74) is 0.746. The molecule has 1 aromatic carbocycles. The highest BCUT2D eigenvalue weighted by atomic mass is 19.4. The monoisotopic (exact) mass is 300 g/mol.